The Bertz CT molecular complexity index is 381. The Labute approximate surface area is 108 Å². The topological polar surface area (TPSA) is 44.3 Å². The first kappa shape index (κ1) is 11.7. The minimum Gasteiger partial charge on any atom is -0.356 e. The third-order valence-electron chi connectivity index (χ3n) is 3.73. The van der Waals surface area contributed by atoms with E-state index >= 15 is 0 Å². The molecule has 2 saturated heterocycles. The van der Waals surface area contributed by atoms with Crippen molar-refractivity contribution in [2.24, 2.45) is 0 Å². The first-order chi connectivity index (χ1) is 8.93. The average Bonchev–Trinajstić information content (AvgIpc) is 2.82. The van der Waals surface area contributed by atoms with E-state index in [-0.39, 0.29) is 0 Å². The Kier molecular flexibility index (Phi) is 3.59. The Hall–Kier alpha value is -1.36. The summed E-state index contributed by atoms with van der Waals surface area (Å²) >= 11 is 0. The van der Waals surface area contributed by atoms with Gasteiger partial charge in [-0.3, -0.25) is 0 Å². The third kappa shape index (κ3) is 2.56. The normalized spacial score (nSPS) is 21.1. The van der Waals surface area contributed by atoms with E-state index in [1.165, 1.54) is 19.3 Å². The Morgan fingerprint density at radius 1 is 0.833 bits per heavy atom. The Balaban J connectivity index is 1.76. The maximum atomic E-state index is 4.44. The molecule has 0 bridgehead atoms. The molecular weight excluding hydrogens is 226 g/mol. The molecule has 1 N–H and O–H groups in total. The Morgan fingerprint density at radius 2 is 1.50 bits per heavy atom. The van der Waals surface area contributed by atoms with Crippen molar-refractivity contribution in [3.8, 4) is 0 Å². The number of anilines is 2. The van der Waals surface area contributed by atoms with Crippen LogP contribution in [0.2, 0.25) is 0 Å². The van der Waals surface area contributed by atoms with Gasteiger partial charge in [-0.25, -0.2) is 9.97 Å². The van der Waals surface area contributed by atoms with Crippen LogP contribution in [0.3, 0.4) is 0 Å². The molecule has 3 rings (SSSR count). The van der Waals surface area contributed by atoms with Crippen LogP contribution in [-0.2, 0) is 0 Å². The van der Waals surface area contributed by atoms with Crippen molar-refractivity contribution in [2.45, 2.75) is 19.3 Å². The predicted octanol–water partition coefficient (Wildman–Crippen LogP) is 0.876. The molecule has 18 heavy (non-hydrogen) atoms. The Morgan fingerprint density at radius 3 is 2.28 bits per heavy atom. The molecular formula is C13H21N5. The summed E-state index contributed by atoms with van der Waals surface area (Å²) < 4.78 is 0. The smallest absolute Gasteiger partial charge is 0.134 e. The van der Waals surface area contributed by atoms with Gasteiger partial charge in [-0.05, 0) is 25.8 Å². The van der Waals surface area contributed by atoms with Crippen LogP contribution >= 0.6 is 0 Å². The molecule has 0 radical (unpaired) electrons. The third-order valence-corrected chi connectivity index (χ3v) is 3.73. The van der Waals surface area contributed by atoms with Crippen molar-refractivity contribution < 1.29 is 0 Å². The molecule has 2 fully saturated rings. The van der Waals surface area contributed by atoms with Gasteiger partial charge >= 0.3 is 0 Å². The maximum absolute atomic E-state index is 4.44. The molecule has 0 saturated carbocycles. The number of hydrogen-bond acceptors (Lipinski definition) is 5. The van der Waals surface area contributed by atoms with Gasteiger partial charge in [0.15, 0.2) is 0 Å². The van der Waals surface area contributed by atoms with Crippen LogP contribution in [0.1, 0.15) is 19.3 Å². The lowest BCUT2D eigenvalue weighted by Crippen LogP contribution is -2.29. The SMILES string of the molecule is c1nc(N2CCCC2)cc(N2CCCNCC2)n1. The zero-order valence-corrected chi connectivity index (χ0v) is 10.8. The van der Waals surface area contributed by atoms with Crippen molar-refractivity contribution >= 4 is 11.6 Å². The lowest BCUT2D eigenvalue weighted by Gasteiger charge is -2.23. The van der Waals surface area contributed by atoms with E-state index < -0.39 is 0 Å². The summed E-state index contributed by atoms with van der Waals surface area (Å²) in [6, 6.07) is 2.15. The van der Waals surface area contributed by atoms with Crippen LogP contribution in [-0.4, -0.2) is 49.2 Å². The van der Waals surface area contributed by atoms with Gasteiger partial charge < -0.3 is 15.1 Å². The van der Waals surface area contributed by atoms with Crippen molar-refractivity contribution in [3.63, 3.8) is 0 Å². The highest BCUT2D eigenvalue weighted by molar-refractivity contribution is 5.50. The summed E-state index contributed by atoms with van der Waals surface area (Å²) in [6.07, 6.45) is 5.46. The first-order valence-electron chi connectivity index (χ1n) is 6.96. The van der Waals surface area contributed by atoms with Gasteiger partial charge in [0.2, 0.25) is 0 Å². The highest BCUT2D eigenvalue weighted by atomic mass is 15.2. The van der Waals surface area contributed by atoms with Crippen LogP contribution in [0.4, 0.5) is 11.6 Å². The van der Waals surface area contributed by atoms with Crippen LogP contribution in [0, 0.1) is 0 Å². The molecule has 98 valence electrons. The van der Waals surface area contributed by atoms with E-state index in [2.05, 4.69) is 31.2 Å². The summed E-state index contributed by atoms with van der Waals surface area (Å²) in [4.78, 5) is 13.6. The molecule has 0 aromatic carbocycles. The molecule has 5 heteroatoms. The van der Waals surface area contributed by atoms with E-state index in [0.29, 0.717) is 0 Å². The maximum Gasteiger partial charge on any atom is 0.134 e. The van der Waals surface area contributed by atoms with E-state index in [4.69, 9.17) is 0 Å². The van der Waals surface area contributed by atoms with Gasteiger partial charge in [-0.2, -0.15) is 0 Å². The van der Waals surface area contributed by atoms with Crippen LogP contribution in [0.5, 0.6) is 0 Å². The fourth-order valence-electron chi connectivity index (χ4n) is 2.70. The first-order valence-corrected chi connectivity index (χ1v) is 6.96. The lowest BCUT2D eigenvalue weighted by atomic mass is 10.3. The summed E-state index contributed by atoms with van der Waals surface area (Å²) in [6.45, 7) is 6.56. The van der Waals surface area contributed by atoms with Crippen LogP contribution < -0.4 is 15.1 Å². The highest BCUT2D eigenvalue weighted by Gasteiger charge is 2.16. The van der Waals surface area contributed by atoms with E-state index in [1.807, 2.05) is 0 Å². The fraction of sp³-hybridized carbons (Fsp3) is 0.692. The second-order valence-electron chi connectivity index (χ2n) is 5.02. The summed E-state index contributed by atoms with van der Waals surface area (Å²) in [5, 5.41) is 3.42. The van der Waals surface area contributed by atoms with E-state index in [0.717, 1.165) is 50.9 Å². The summed E-state index contributed by atoms with van der Waals surface area (Å²) in [7, 11) is 0. The molecule has 0 amide bonds. The molecule has 0 spiro atoms. The van der Waals surface area contributed by atoms with E-state index in [1.54, 1.807) is 6.33 Å². The van der Waals surface area contributed by atoms with Gasteiger partial charge in [0.1, 0.15) is 18.0 Å². The number of aromatic nitrogens is 2. The number of nitrogens with one attached hydrogen (secondary N) is 1. The molecule has 2 aliphatic heterocycles. The number of hydrogen-bond donors (Lipinski definition) is 1. The molecule has 1 aromatic heterocycles. The largest absolute Gasteiger partial charge is 0.356 e. The van der Waals surface area contributed by atoms with Crippen molar-refractivity contribution in [2.75, 3.05) is 49.1 Å². The molecule has 5 nitrogen and oxygen atoms in total. The summed E-state index contributed by atoms with van der Waals surface area (Å²) in [5.41, 5.74) is 0. The average molecular weight is 247 g/mol. The fourth-order valence-corrected chi connectivity index (χ4v) is 2.70. The summed E-state index contributed by atoms with van der Waals surface area (Å²) in [5.74, 6) is 2.17. The zero-order chi connectivity index (χ0) is 12.2. The molecule has 1 aromatic rings. The monoisotopic (exact) mass is 247 g/mol. The van der Waals surface area contributed by atoms with Crippen molar-refractivity contribution in [1.82, 2.24) is 15.3 Å². The number of rotatable bonds is 2. The zero-order valence-electron chi connectivity index (χ0n) is 10.8. The van der Waals surface area contributed by atoms with Gasteiger partial charge in [-0.15, -0.1) is 0 Å². The van der Waals surface area contributed by atoms with Gasteiger partial charge in [0.25, 0.3) is 0 Å². The predicted molar refractivity (Wildman–Crippen MR) is 73.2 cm³/mol. The van der Waals surface area contributed by atoms with Gasteiger partial charge in [0.05, 0.1) is 0 Å². The molecule has 0 unspecified atom stereocenters. The van der Waals surface area contributed by atoms with Crippen molar-refractivity contribution in [3.05, 3.63) is 12.4 Å². The van der Waals surface area contributed by atoms with Gasteiger partial charge in [-0.1, -0.05) is 0 Å². The second-order valence-corrected chi connectivity index (χ2v) is 5.02. The lowest BCUT2D eigenvalue weighted by molar-refractivity contribution is 0.724. The van der Waals surface area contributed by atoms with Crippen molar-refractivity contribution in [1.29, 1.82) is 0 Å². The van der Waals surface area contributed by atoms with Crippen LogP contribution in [0.25, 0.3) is 0 Å². The minimum absolute atomic E-state index is 1.04. The molecule has 3 heterocycles. The number of nitrogens with zero attached hydrogens (tertiary/aromatic N) is 4. The van der Waals surface area contributed by atoms with Crippen LogP contribution in [0.15, 0.2) is 12.4 Å². The molecule has 2 aliphatic rings. The molecule has 0 atom stereocenters. The quantitative estimate of drug-likeness (QED) is 0.840. The second kappa shape index (κ2) is 5.52. The van der Waals surface area contributed by atoms with Gasteiger partial charge in [0, 0.05) is 38.8 Å². The van der Waals surface area contributed by atoms with E-state index in [9.17, 15) is 0 Å². The minimum atomic E-state index is 1.04. The molecule has 0 aliphatic carbocycles. The standard InChI is InChI=1S/C13H21N5/c1-2-7-17(6-1)12-10-13(16-11-15-12)18-8-3-4-14-5-9-18/h10-11,14H,1-9H2. The highest BCUT2D eigenvalue weighted by Crippen LogP contribution is 2.21.